The number of carbonyl (C=O) groups is 2. The SMILES string of the molecule is CCC(C)NC(=O)CCNC(=O)C1CCCCN1.Cl. The molecule has 0 aliphatic carbocycles. The van der Waals surface area contributed by atoms with E-state index in [0.29, 0.717) is 13.0 Å². The second-order valence-electron chi connectivity index (χ2n) is 4.92. The lowest BCUT2D eigenvalue weighted by atomic mass is 10.0. The van der Waals surface area contributed by atoms with Crippen LogP contribution in [-0.4, -0.2) is 37.0 Å². The molecule has 112 valence electrons. The minimum atomic E-state index is -0.0728. The Labute approximate surface area is 121 Å². The Morgan fingerprint density at radius 3 is 2.68 bits per heavy atom. The van der Waals surface area contributed by atoms with Crippen molar-refractivity contribution in [3.63, 3.8) is 0 Å². The van der Waals surface area contributed by atoms with Crippen LogP contribution >= 0.6 is 12.4 Å². The fourth-order valence-electron chi connectivity index (χ4n) is 1.95. The molecule has 0 bridgehead atoms. The highest BCUT2D eigenvalue weighted by atomic mass is 35.5. The number of amides is 2. The lowest BCUT2D eigenvalue weighted by Crippen LogP contribution is -2.47. The summed E-state index contributed by atoms with van der Waals surface area (Å²) in [6.45, 7) is 5.33. The van der Waals surface area contributed by atoms with E-state index in [1.807, 2.05) is 13.8 Å². The number of hydrogen-bond acceptors (Lipinski definition) is 3. The number of carbonyl (C=O) groups excluding carboxylic acids is 2. The molecule has 2 amide bonds. The van der Waals surface area contributed by atoms with Crippen LogP contribution in [0.1, 0.15) is 46.0 Å². The van der Waals surface area contributed by atoms with E-state index < -0.39 is 0 Å². The van der Waals surface area contributed by atoms with Gasteiger partial charge in [0.25, 0.3) is 0 Å². The van der Waals surface area contributed by atoms with Gasteiger partial charge >= 0.3 is 0 Å². The van der Waals surface area contributed by atoms with Crippen molar-refractivity contribution in [3.8, 4) is 0 Å². The molecule has 0 radical (unpaired) electrons. The van der Waals surface area contributed by atoms with E-state index in [1.165, 1.54) is 0 Å². The first kappa shape index (κ1) is 18.2. The Morgan fingerprint density at radius 2 is 2.11 bits per heavy atom. The van der Waals surface area contributed by atoms with E-state index >= 15 is 0 Å². The van der Waals surface area contributed by atoms with Gasteiger partial charge < -0.3 is 16.0 Å². The van der Waals surface area contributed by atoms with Crippen LogP contribution < -0.4 is 16.0 Å². The number of hydrogen-bond donors (Lipinski definition) is 3. The Hall–Kier alpha value is -0.810. The molecule has 3 N–H and O–H groups in total. The van der Waals surface area contributed by atoms with Crippen LogP contribution in [0.2, 0.25) is 0 Å². The van der Waals surface area contributed by atoms with Crippen LogP contribution in [0.5, 0.6) is 0 Å². The fourth-order valence-corrected chi connectivity index (χ4v) is 1.95. The number of piperidine rings is 1. The zero-order valence-electron chi connectivity index (χ0n) is 11.8. The van der Waals surface area contributed by atoms with Gasteiger partial charge in [0.1, 0.15) is 0 Å². The highest BCUT2D eigenvalue weighted by molar-refractivity contribution is 5.85. The molecule has 0 aromatic heterocycles. The molecule has 0 saturated carbocycles. The Bertz CT molecular complexity index is 281. The molecule has 0 aromatic carbocycles. The van der Waals surface area contributed by atoms with Crippen molar-refractivity contribution in [3.05, 3.63) is 0 Å². The molecule has 0 aromatic rings. The lowest BCUT2D eigenvalue weighted by Gasteiger charge is -2.22. The van der Waals surface area contributed by atoms with Gasteiger partial charge in [-0.15, -0.1) is 12.4 Å². The second-order valence-corrected chi connectivity index (χ2v) is 4.92. The van der Waals surface area contributed by atoms with Gasteiger partial charge in [0.05, 0.1) is 6.04 Å². The van der Waals surface area contributed by atoms with Crippen molar-refractivity contribution in [2.75, 3.05) is 13.1 Å². The summed E-state index contributed by atoms with van der Waals surface area (Å²) in [6, 6.07) is 0.129. The summed E-state index contributed by atoms with van der Waals surface area (Å²) in [5.74, 6) is 0.0206. The maximum absolute atomic E-state index is 11.8. The summed E-state index contributed by atoms with van der Waals surface area (Å²) in [5, 5.41) is 8.87. The van der Waals surface area contributed by atoms with Crippen molar-refractivity contribution in [1.82, 2.24) is 16.0 Å². The van der Waals surface area contributed by atoms with E-state index in [1.54, 1.807) is 0 Å². The summed E-state index contributed by atoms with van der Waals surface area (Å²) in [7, 11) is 0. The topological polar surface area (TPSA) is 70.2 Å². The standard InChI is InChI=1S/C13H25N3O2.ClH/c1-3-10(2)16-12(17)7-9-15-13(18)11-6-4-5-8-14-11;/h10-11,14H,3-9H2,1-2H3,(H,15,18)(H,16,17);1H. The van der Waals surface area contributed by atoms with E-state index in [9.17, 15) is 9.59 Å². The van der Waals surface area contributed by atoms with Crippen LogP contribution in [0.15, 0.2) is 0 Å². The number of halogens is 1. The molecule has 5 nitrogen and oxygen atoms in total. The quantitative estimate of drug-likeness (QED) is 0.683. The molecule has 1 saturated heterocycles. The number of rotatable bonds is 6. The normalized spacial score (nSPS) is 20.0. The molecule has 1 rings (SSSR count). The minimum Gasteiger partial charge on any atom is -0.354 e. The predicted molar refractivity (Wildman–Crippen MR) is 78.4 cm³/mol. The third-order valence-electron chi connectivity index (χ3n) is 3.30. The van der Waals surface area contributed by atoms with E-state index in [4.69, 9.17) is 0 Å². The molecule has 6 heteroatoms. The van der Waals surface area contributed by atoms with Gasteiger partial charge in [0, 0.05) is 19.0 Å². The predicted octanol–water partition coefficient (Wildman–Crippen LogP) is 0.971. The fraction of sp³-hybridized carbons (Fsp3) is 0.846. The first-order chi connectivity index (χ1) is 8.63. The Balaban J connectivity index is 0.00000324. The van der Waals surface area contributed by atoms with E-state index in [0.717, 1.165) is 32.2 Å². The first-order valence-electron chi connectivity index (χ1n) is 6.94. The summed E-state index contributed by atoms with van der Waals surface area (Å²) in [6.07, 6.45) is 4.40. The molecule has 2 unspecified atom stereocenters. The summed E-state index contributed by atoms with van der Waals surface area (Å²) in [5.41, 5.74) is 0. The maximum Gasteiger partial charge on any atom is 0.237 e. The zero-order chi connectivity index (χ0) is 13.4. The monoisotopic (exact) mass is 291 g/mol. The highest BCUT2D eigenvalue weighted by Crippen LogP contribution is 2.06. The molecule has 2 atom stereocenters. The lowest BCUT2D eigenvalue weighted by molar-refractivity contribution is -0.124. The zero-order valence-corrected chi connectivity index (χ0v) is 12.6. The van der Waals surface area contributed by atoms with E-state index in [2.05, 4.69) is 16.0 Å². The molecule has 19 heavy (non-hydrogen) atoms. The maximum atomic E-state index is 11.8. The molecular weight excluding hydrogens is 266 g/mol. The summed E-state index contributed by atoms with van der Waals surface area (Å²) < 4.78 is 0. The van der Waals surface area contributed by atoms with Gasteiger partial charge in [-0.2, -0.15) is 0 Å². The smallest absolute Gasteiger partial charge is 0.237 e. The van der Waals surface area contributed by atoms with Crippen molar-refractivity contribution in [1.29, 1.82) is 0 Å². The molecule has 1 fully saturated rings. The van der Waals surface area contributed by atoms with Crippen LogP contribution in [0, 0.1) is 0 Å². The second kappa shape index (κ2) is 10.0. The van der Waals surface area contributed by atoms with E-state index in [-0.39, 0.29) is 36.3 Å². The largest absolute Gasteiger partial charge is 0.354 e. The third-order valence-corrected chi connectivity index (χ3v) is 3.30. The molecule has 0 spiro atoms. The molecule has 1 aliphatic heterocycles. The van der Waals surface area contributed by atoms with Crippen molar-refractivity contribution in [2.24, 2.45) is 0 Å². The average molecular weight is 292 g/mol. The summed E-state index contributed by atoms with van der Waals surface area (Å²) in [4.78, 5) is 23.2. The van der Waals surface area contributed by atoms with Gasteiger partial charge in [-0.1, -0.05) is 13.3 Å². The number of nitrogens with one attached hydrogen (secondary N) is 3. The van der Waals surface area contributed by atoms with Gasteiger partial charge in [-0.3, -0.25) is 9.59 Å². The van der Waals surface area contributed by atoms with Crippen LogP contribution in [0.25, 0.3) is 0 Å². The van der Waals surface area contributed by atoms with Crippen molar-refractivity contribution >= 4 is 24.2 Å². The van der Waals surface area contributed by atoms with Crippen LogP contribution in [-0.2, 0) is 9.59 Å². The Morgan fingerprint density at radius 1 is 1.37 bits per heavy atom. The highest BCUT2D eigenvalue weighted by Gasteiger charge is 2.19. The molecule has 1 aliphatic rings. The third kappa shape index (κ3) is 7.38. The van der Waals surface area contributed by atoms with Crippen LogP contribution in [0.4, 0.5) is 0 Å². The van der Waals surface area contributed by atoms with Gasteiger partial charge in [0.15, 0.2) is 0 Å². The minimum absolute atomic E-state index is 0. The van der Waals surface area contributed by atoms with Gasteiger partial charge in [0.2, 0.25) is 11.8 Å². The van der Waals surface area contributed by atoms with Gasteiger partial charge in [-0.05, 0) is 32.7 Å². The average Bonchev–Trinajstić information content (AvgIpc) is 2.39. The van der Waals surface area contributed by atoms with Crippen molar-refractivity contribution in [2.45, 2.75) is 58.0 Å². The van der Waals surface area contributed by atoms with Crippen LogP contribution in [0.3, 0.4) is 0 Å². The summed E-state index contributed by atoms with van der Waals surface area (Å²) >= 11 is 0. The first-order valence-corrected chi connectivity index (χ1v) is 6.94. The Kier molecular flexibility index (Phi) is 9.61. The molecular formula is C13H26ClN3O2. The molecule has 1 heterocycles. The van der Waals surface area contributed by atoms with Gasteiger partial charge in [-0.25, -0.2) is 0 Å². The van der Waals surface area contributed by atoms with Crippen molar-refractivity contribution < 1.29 is 9.59 Å².